The summed E-state index contributed by atoms with van der Waals surface area (Å²) in [6.07, 6.45) is -3.04. The predicted octanol–water partition coefficient (Wildman–Crippen LogP) is 4.79. The summed E-state index contributed by atoms with van der Waals surface area (Å²) in [5.41, 5.74) is 0.274. The third-order valence-corrected chi connectivity index (χ3v) is 4.58. The summed E-state index contributed by atoms with van der Waals surface area (Å²) in [7, 11) is 0. The monoisotopic (exact) mass is 445 g/mol. The number of halogens is 5. The molecular formula is C18H16Cl2F3N5O. The van der Waals surface area contributed by atoms with Gasteiger partial charge in [0.2, 0.25) is 5.91 Å². The number of nitrogens with one attached hydrogen (secondary N) is 1. The van der Waals surface area contributed by atoms with Crippen molar-refractivity contribution in [3.8, 4) is 0 Å². The molecule has 1 aromatic carbocycles. The Morgan fingerprint density at radius 1 is 1.17 bits per heavy atom. The summed E-state index contributed by atoms with van der Waals surface area (Å²) in [6, 6.07) is 8.14. The van der Waals surface area contributed by atoms with Gasteiger partial charge in [-0.25, -0.2) is 0 Å². The Hall–Kier alpha value is -2.52. The number of anilines is 1. The lowest BCUT2D eigenvalue weighted by Crippen LogP contribution is -2.17. The second-order valence-electron chi connectivity index (χ2n) is 6.34. The summed E-state index contributed by atoms with van der Waals surface area (Å²) in [5.74, 6) is -0.258. The van der Waals surface area contributed by atoms with E-state index in [1.807, 2.05) is 12.1 Å². The van der Waals surface area contributed by atoms with E-state index in [2.05, 4.69) is 15.5 Å². The largest absolute Gasteiger partial charge is 0.435 e. The zero-order chi connectivity index (χ0) is 21.2. The Morgan fingerprint density at radius 3 is 2.48 bits per heavy atom. The molecule has 11 heteroatoms. The molecule has 0 saturated heterocycles. The van der Waals surface area contributed by atoms with Crippen molar-refractivity contribution in [3.05, 3.63) is 63.5 Å². The van der Waals surface area contributed by atoms with Gasteiger partial charge in [0.25, 0.3) is 0 Å². The summed E-state index contributed by atoms with van der Waals surface area (Å²) in [4.78, 5) is 12.2. The van der Waals surface area contributed by atoms with E-state index in [0.29, 0.717) is 17.3 Å². The Kier molecular flexibility index (Phi) is 6.18. The first kappa shape index (κ1) is 21.2. The molecule has 0 saturated carbocycles. The van der Waals surface area contributed by atoms with Gasteiger partial charge in [0.15, 0.2) is 11.5 Å². The van der Waals surface area contributed by atoms with Gasteiger partial charge < -0.3 is 5.32 Å². The second kappa shape index (κ2) is 8.46. The minimum absolute atomic E-state index is 0.00313. The van der Waals surface area contributed by atoms with Crippen LogP contribution in [0.2, 0.25) is 10.0 Å². The zero-order valence-corrected chi connectivity index (χ0v) is 16.7. The van der Waals surface area contributed by atoms with Crippen molar-refractivity contribution in [1.29, 1.82) is 0 Å². The molecule has 0 aliphatic carbocycles. The van der Waals surface area contributed by atoms with Crippen LogP contribution in [0.3, 0.4) is 0 Å². The quantitative estimate of drug-likeness (QED) is 0.592. The third kappa shape index (κ3) is 5.51. The van der Waals surface area contributed by atoms with Crippen LogP contribution in [0.5, 0.6) is 0 Å². The Bertz CT molecular complexity index is 1010. The summed E-state index contributed by atoms with van der Waals surface area (Å²) < 4.78 is 40.8. The Morgan fingerprint density at radius 2 is 1.86 bits per heavy atom. The zero-order valence-electron chi connectivity index (χ0n) is 15.2. The molecule has 3 aromatic rings. The highest BCUT2D eigenvalue weighted by Crippen LogP contribution is 2.28. The fourth-order valence-electron chi connectivity index (χ4n) is 2.62. The maximum atomic E-state index is 12.7. The molecular weight excluding hydrogens is 430 g/mol. The van der Waals surface area contributed by atoms with Crippen LogP contribution in [-0.4, -0.2) is 25.5 Å². The molecule has 0 atom stereocenters. The van der Waals surface area contributed by atoms with E-state index < -0.39 is 17.8 Å². The van der Waals surface area contributed by atoms with Gasteiger partial charge >= 0.3 is 6.18 Å². The highest BCUT2D eigenvalue weighted by Gasteiger charge is 2.34. The number of aromatic nitrogens is 4. The lowest BCUT2D eigenvalue weighted by atomic mass is 10.2. The number of hydrogen-bond acceptors (Lipinski definition) is 3. The number of amides is 1. The highest BCUT2D eigenvalue weighted by atomic mass is 35.5. The van der Waals surface area contributed by atoms with E-state index in [0.717, 1.165) is 16.3 Å². The summed E-state index contributed by atoms with van der Waals surface area (Å²) >= 11 is 12.0. The van der Waals surface area contributed by atoms with Gasteiger partial charge in [-0.05, 0) is 30.7 Å². The van der Waals surface area contributed by atoms with Crippen molar-refractivity contribution in [2.24, 2.45) is 0 Å². The van der Waals surface area contributed by atoms with Crippen LogP contribution in [0.4, 0.5) is 19.0 Å². The Labute approximate surface area is 174 Å². The summed E-state index contributed by atoms with van der Waals surface area (Å²) in [5, 5.41) is 11.2. The lowest BCUT2D eigenvalue weighted by Gasteiger charge is -2.06. The molecule has 0 fully saturated rings. The molecule has 0 radical (unpaired) electrons. The van der Waals surface area contributed by atoms with Crippen molar-refractivity contribution in [1.82, 2.24) is 19.6 Å². The molecule has 6 nitrogen and oxygen atoms in total. The number of benzene rings is 1. The molecule has 29 heavy (non-hydrogen) atoms. The number of alkyl halides is 3. The van der Waals surface area contributed by atoms with Crippen LogP contribution >= 0.6 is 23.2 Å². The molecule has 0 spiro atoms. The molecule has 2 heterocycles. The minimum Gasteiger partial charge on any atom is -0.308 e. The van der Waals surface area contributed by atoms with Crippen LogP contribution in [-0.2, 0) is 24.1 Å². The first-order chi connectivity index (χ1) is 13.6. The van der Waals surface area contributed by atoms with E-state index in [9.17, 15) is 18.0 Å². The topological polar surface area (TPSA) is 64.7 Å². The molecule has 154 valence electrons. The first-order valence-electron chi connectivity index (χ1n) is 8.51. The van der Waals surface area contributed by atoms with Crippen LogP contribution < -0.4 is 5.32 Å². The Balaban J connectivity index is 1.59. The van der Waals surface area contributed by atoms with Crippen LogP contribution in [0.25, 0.3) is 0 Å². The van der Waals surface area contributed by atoms with Gasteiger partial charge in [0.05, 0.1) is 6.54 Å². The van der Waals surface area contributed by atoms with Crippen LogP contribution in [0.15, 0.2) is 36.5 Å². The van der Waals surface area contributed by atoms with Gasteiger partial charge in [-0.3, -0.25) is 14.2 Å². The maximum Gasteiger partial charge on any atom is 0.435 e. The van der Waals surface area contributed by atoms with Crippen molar-refractivity contribution in [2.75, 3.05) is 5.32 Å². The number of carbonyl (C=O) groups excluding carboxylic acids is 1. The van der Waals surface area contributed by atoms with Gasteiger partial charge in [0, 0.05) is 29.9 Å². The second-order valence-corrected chi connectivity index (χ2v) is 7.18. The van der Waals surface area contributed by atoms with Crippen molar-refractivity contribution < 1.29 is 18.0 Å². The number of rotatable bonds is 6. The lowest BCUT2D eigenvalue weighted by molar-refractivity contribution is -0.141. The molecule has 3 rings (SSSR count). The molecule has 1 N–H and O–H groups in total. The van der Waals surface area contributed by atoms with E-state index in [1.54, 1.807) is 23.0 Å². The number of nitrogens with zero attached hydrogens (tertiary/aromatic N) is 4. The standard InChI is InChI=1S/C18H16Cl2F3N5O/c1-11-8-15(18(21,22)23)25-28(11)7-6-16(29)24-17-14(20)10-27(26-17)9-12-2-4-13(19)5-3-12/h2-5,8,10H,6-7,9H2,1H3,(H,24,26,29). The molecule has 0 bridgehead atoms. The average Bonchev–Trinajstić information content (AvgIpc) is 3.17. The third-order valence-electron chi connectivity index (χ3n) is 4.05. The minimum atomic E-state index is -4.53. The number of aryl methyl sites for hydroxylation is 2. The number of hydrogen-bond donors (Lipinski definition) is 1. The van der Waals surface area contributed by atoms with Crippen molar-refractivity contribution >= 4 is 34.9 Å². The SMILES string of the molecule is Cc1cc(C(F)(F)F)nn1CCC(=O)Nc1nn(Cc2ccc(Cl)cc2)cc1Cl. The van der Waals surface area contributed by atoms with Gasteiger partial charge in [-0.15, -0.1) is 0 Å². The first-order valence-corrected chi connectivity index (χ1v) is 9.26. The van der Waals surface area contributed by atoms with Crippen molar-refractivity contribution in [3.63, 3.8) is 0 Å². The van der Waals surface area contributed by atoms with E-state index >= 15 is 0 Å². The van der Waals surface area contributed by atoms with Crippen LogP contribution in [0, 0.1) is 6.92 Å². The van der Waals surface area contributed by atoms with Gasteiger partial charge in [-0.2, -0.15) is 23.4 Å². The van der Waals surface area contributed by atoms with Crippen LogP contribution in [0.1, 0.15) is 23.4 Å². The molecule has 0 aliphatic rings. The van der Waals surface area contributed by atoms with E-state index in [-0.39, 0.29) is 23.8 Å². The van der Waals surface area contributed by atoms with E-state index in [1.165, 1.54) is 6.92 Å². The molecule has 0 aliphatic heterocycles. The van der Waals surface area contributed by atoms with E-state index in [4.69, 9.17) is 23.2 Å². The maximum absolute atomic E-state index is 12.7. The smallest absolute Gasteiger partial charge is 0.308 e. The predicted molar refractivity (Wildman–Crippen MR) is 103 cm³/mol. The normalized spacial score (nSPS) is 11.7. The van der Waals surface area contributed by atoms with Gasteiger partial charge in [0.1, 0.15) is 5.02 Å². The molecule has 2 aromatic heterocycles. The van der Waals surface area contributed by atoms with Gasteiger partial charge in [-0.1, -0.05) is 35.3 Å². The number of carbonyl (C=O) groups is 1. The fourth-order valence-corrected chi connectivity index (χ4v) is 2.94. The molecule has 1 amide bonds. The van der Waals surface area contributed by atoms with Crippen molar-refractivity contribution in [2.45, 2.75) is 32.6 Å². The molecule has 0 unspecified atom stereocenters. The average molecular weight is 446 g/mol. The fraction of sp³-hybridized carbons (Fsp3) is 0.278. The highest BCUT2D eigenvalue weighted by molar-refractivity contribution is 6.33. The summed E-state index contributed by atoms with van der Waals surface area (Å²) in [6.45, 7) is 1.92.